The Morgan fingerprint density at radius 2 is 2.39 bits per heavy atom. The molecular weight excluding hydrogens is 294 g/mol. The smallest absolute Gasteiger partial charge is 0.123 e. The van der Waals surface area contributed by atoms with E-state index in [4.69, 9.17) is 9.84 Å². The fraction of sp³-hybridized carbons (Fsp3) is 0.571. The van der Waals surface area contributed by atoms with Crippen LogP contribution in [0.4, 0.5) is 0 Å². The van der Waals surface area contributed by atoms with Crippen molar-refractivity contribution in [2.24, 2.45) is 0 Å². The molecule has 100 valence electrons. The van der Waals surface area contributed by atoms with Crippen LogP contribution in [0.1, 0.15) is 25.3 Å². The van der Waals surface area contributed by atoms with Crippen LogP contribution in [0.5, 0.6) is 5.75 Å². The second kappa shape index (κ2) is 6.55. The number of halogens is 1. The molecule has 0 bridgehead atoms. The minimum atomic E-state index is -0.198. The Kier molecular flexibility index (Phi) is 5.03. The van der Waals surface area contributed by atoms with Crippen LogP contribution in [0.25, 0.3) is 0 Å². The van der Waals surface area contributed by atoms with Crippen LogP contribution in [-0.2, 0) is 6.42 Å². The molecule has 1 aliphatic heterocycles. The molecule has 0 saturated heterocycles. The number of aliphatic hydroxyl groups is 1. The van der Waals surface area contributed by atoms with E-state index in [1.54, 1.807) is 0 Å². The van der Waals surface area contributed by atoms with Crippen molar-refractivity contribution in [2.45, 2.75) is 38.4 Å². The van der Waals surface area contributed by atoms with Crippen molar-refractivity contribution in [2.75, 3.05) is 13.1 Å². The highest BCUT2D eigenvalue weighted by molar-refractivity contribution is 9.10. The molecule has 1 aromatic carbocycles. The van der Waals surface area contributed by atoms with Gasteiger partial charge in [-0.25, -0.2) is 0 Å². The summed E-state index contributed by atoms with van der Waals surface area (Å²) in [6.07, 6.45) is 2.87. The van der Waals surface area contributed by atoms with E-state index < -0.39 is 0 Å². The number of hydrogen-bond acceptors (Lipinski definition) is 3. The average molecular weight is 314 g/mol. The van der Waals surface area contributed by atoms with Crippen molar-refractivity contribution in [3.8, 4) is 5.75 Å². The molecule has 3 nitrogen and oxygen atoms in total. The minimum Gasteiger partial charge on any atom is -0.488 e. The molecule has 0 spiro atoms. The molecule has 0 saturated carbocycles. The van der Waals surface area contributed by atoms with Crippen LogP contribution in [0.2, 0.25) is 0 Å². The van der Waals surface area contributed by atoms with Gasteiger partial charge in [0, 0.05) is 17.4 Å². The maximum absolute atomic E-state index is 9.15. The van der Waals surface area contributed by atoms with Crippen molar-refractivity contribution in [3.05, 3.63) is 28.2 Å². The Morgan fingerprint density at radius 3 is 3.17 bits per heavy atom. The molecule has 1 aromatic rings. The average Bonchev–Trinajstić information content (AvgIpc) is 2.70. The highest BCUT2D eigenvalue weighted by Gasteiger charge is 2.22. The third-order valence-corrected chi connectivity index (χ3v) is 3.60. The molecular formula is C14H20BrNO2. The van der Waals surface area contributed by atoms with E-state index in [2.05, 4.69) is 27.3 Å². The zero-order valence-electron chi connectivity index (χ0n) is 10.7. The van der Waals surface area contributed by atoms with E-state index in [0.717, 1.165) is 42.6 Å². The highest BCUT2D eigenvalue weighted by atomic mass is 79.9. The SMILES string of the molecule is CC(O)CCCNCC1Cc2cc(Br)ccc2O1. The molecule has 4 heteroatoms. The first-order valence-corrected chi connectivity index (χ1v) is 7.28. The van der Waals surface area contributed by atoms with Crippen LogP contribution in [0.15, 0.2) is 22.7 Å². The first-order chi connectivity index (χ1) is 8.65. The highest BCUT2D eigenvalue weighted by Crippen LogP contribution is 2.30. The lowest BCUT2D eigenvalue weighted by Crippen LogP contribution is -2.30. The molecule has 1 heterocycles. The third-order valence-electron chi connectivity index (χ3n) is 3.11. The van der Waals surface area contributed by atoms with Gasteiger partial charge in [0.05, 0.1) is 6.10 Å². The van der Waals surface area contributed by atoms with E-state index in [1.807, 2.05) is 19.1 Å². The maximum Gasteiger partial charge on any atom is 0.123 e. The summed E-state index contributed by atoms with van der Waals surface area (Å²) in [6, 6.07) is 6.16. The lowest BCUT2D eigenvalue weighted by Gasteiger charge is -2.12. The van der Waals surface area contributed by atoms with Gasteiger partial charge in [-0.3, -0.25) is 0 Å². The zero-order chi connectivity index (χ0) is 13.0. The summed E-state index contributed by atoms with van der Waals surface area (Å²) in [7, 11) is 0. The fourth-order valence-corrected chi connectivity index (χ4v) is 2.60. The standard InChI is InChI=1S/C14H20BrNO2/c1-10(17)3-2-6-16-9-13-8-11-7-12(15)4-5-14(11)18-13/h4-5,7,10,13,16-17H,2-3,6,8-9H2,1H3. The largest absolute Gasteiger partial charge is 0.488 e. The molecule has 18 heavy (non-hydrogen) atoms. The summed E-state index contributed by atoms with van der Waals surface area (Å²) in [4.78, 5) is 0. The fourth-order valence-electron chi connectivity index (χ4n) is 2.19. The number of fused-ring (bicyclic) bond motifs is 1. The monoisotopic (exact) mass is 313 g/mol. The maximum atomic E-state index is 9.15. The van der Waals surface area contributed by atoms with Crippen molar-refractivity contribution < 1.29 is 9.84 Å². The topological polar surface area (TPSA) is 41.5 Å². The van der Waals surface area contributed by atoms with Crippen LogP contribution >= 0.6 is 15.9 Å². The molecule has 2 unspecified atom stereocenters. The lowest BCUT2D eigenvalue weighted by molar-refractivity contribution is 0.180. The van der Waals surface area contributed by atoms with Crippen LogP contribution in [-0.4, -0.2) is 30.4 Å². The molecule has 0 aliphatic carbocycles. The van der Waals surface area contributed by atoms with Crippen molar-refractivity contribution in [1.29, 1.82) is 0 Å². The molecule has 1 aliphatic rings. The van der Waals surface area contributed by atoms with Gasteiger partial charge in [-0.05, 0) is 50.1 Å². The van der Waals surface area contributed by atoms with Gasteiger partial charge >= 0.3 is 0 Å². The predicted octanol–water partition coefficient (Wildman–Crippen LogP) is 2.50. The minimum absolute atomic E-state index is 0.198. The molecule has 0 fully saturated rings. The van der Waals surface area contributed by atoms with Crippen molar-refractivity contribution in [3.63, 3.8) is 0 Å². The van der Waals surface area contributed by atoms with E-state index >= 15 is 0 Å². The first-order valence-electron chi connectivity index (χ1n) is 6.49. The van der Waals surface area contributed by atoms with Gasteiger partial charge in [0.25, 0.3) is 0 Å². The predicted molar refractivity (Wildman–Crippen MR) is 76.0 cm³/mol. The Morgan fingerprint density at radius 1 is 1.56 bits per heavy atom. The number of hydrogen-bond donors (Lipinski definition) is 2. The number of nitrogens with one attached hydrogen (secondary N) is 1. The second-order valence-corrected chi connectivity index (χ2v) is 5.81. The molecule has 0 aromatic heterocycles. The summed E-state index contributed by atoms with van der Waals surface area (Å²) in [5.41, 5.74) is 1.28. The molecule has 2 rings (SSSR count). The number of ether oxygens (including phenoxy) is 1. The van der Waals surface area contributed by atoms with Gasteiger partial charge in [0.1, 0.15) is 11.9 Å². The van der Waals surface area contributed by atoms with Crippen molar-refractivity contribution >= 4 is 15.9 Å². The Bertz CT molecular complexity index is 395. The van der Waals surface area contributed by atoms with E-state index in [0.29, 0.717) is 0 Å². The zero-order valence-corrected chi connectivity index (χ0v) is 12.2. The summed E-state index contributed by atoms with van der Waals surface area (Å²) >= 11 is 3.48. The van der Waals surface area contributed by atoms with Gasteiger partial charge in [-0.15, -0.1) is 0 Å². The molecule has 0 radical (unpaired) electrons. The van der Waals surface area contributed by atoms with Crippen LogP contribution < -0.4 is 10.1 Å². The molecule has 2 atom stereocenters. The van der Waals surface area contributed by atoms with Gasteiger partial charge in [-0.1, -0.05) is 15.9 Å². The summed E-state index contributed by atoms with van der Waals surface area (Å²) < 4.78 is 6.96. The van der Waals surface area contributed by atoms with Crippen molar-refractivity contribution in [1.82, 2.24) is 5.32 Å². The first kappa shape index (κ1) is 13.8. The van der Waals surface area contributed by atoms with E-state index in [9.17, 15) is 0 Å². The van der Waals surface area contributed by atoms with Gasteiger partial charge in [0.2, 0.25) is 0 Å². The normalized spacial score (nSPS) is 19.4. The van der Waals surface area contributed by atoms with Gasteiger partial charge in [-0.2, -0.15) is 0 Å². The van der Waals surface area contributed by atoms with E-state index in [-0.39, 0.29) is 12.2 Å². The summed E-state index contributed by atoms with van der Waals surface area (Å²) in [5, 5.41) is 12.5. The quantitative estimate of drug-likeness (QED) is 0.793. The third kappa shape index (κ3) is 3.97. The summed E-state index contributed by atoms with van der Waals surface area (Å²) in [5.74, 6) is 1.01. The van der Waals surface area contributed by atoms with Crippen LogP contribution in [0, 0.1) is 0 Å². The van der Waals surface area contributed by atoms with E-state index in [1.165, 1.54) is 5.56 Å². The number of rotatable bonds is 6. The Balaban J connectivity index is 1.68. The number of aliphatic hydroxyl groups excluding tert-OH is 1. The second-order valence-electron chi connectivity index (χ2n) is 4.89. The lowest BCUT2D eigenvalue weighted by atomic mass is 10.1. The molecule has 2 N–H and O–H groups in total. The molecule has 0 amide bonds. The van der Waals surface area contributed by atoms with Gasteiger partial charge in [0.15, 0.2) is 0 Å². The Hall–Kier alpha value is -0.580. The number of benzene rings is 1. The van der Waals surface area contributed by atoms with Gasteiger partial charge < -0.3 is 15.2 Å². The van der Waals surface area contributed by atoms with Crippen LogP contribution in [0.3, 0.4) is 0 Å². The summed E-state index contributed by atoms with van der Waals surface area (Å²) in [6.45, 7) is 3.63. The Labute approximate surface area is 117 Å².